The molecule has 0 bridgehead atoms. The largest absolute Gasteiger partial charge is 0.465 e. The monoisotopic (exact) mass is 662 g/mol. The number of esters is 1. The number of aromatic nitrogens is 2. The van der Waals surface area contributed by atoms with Crippen LogP contribution in [0.25, 0.3) is 11.3 Å². The van der Waals surface area contributed by atoms with Gasteiger partial charge in [-0.1, -0.05) is 70.5 Å². The lowest BCUT2D eigenvalue weighted by Crippen LogP contribution is -2.25. The van der Waals surface area contributed by atoms with Crippen LogP contribution in [-0.4, -0.2) is 35.4 Å². The summed E-state index contributed by atoms with van der Waals surface area (Å²) in [6.45, 7) is 2.87. The summed E-state index contributed by atoms with van der Waals surface area (Å²) in [5.74, 6) is -0.473. The zero-order valence-corrected chi connectivity index (χ0v) is 25.7. The number of ether oxygens (including phenoxy) is 1. The predicted molar refractivity (Wildman–Crippen MR) is 159 cm³/mol. The lowest BCUT2D eigenvalue weighted by Gasteiger charge is -2.26. The fourth-order valence-electron chi connectivity index (χ4n) is 4.47. The summed E-state index contributed by atoms with van der Waals surface area (Å²) < 4.78 is 61.4. The molecule has 42 heavy (non-hydrogen) atoms. The van der Waals surface area contributed by atoms with Crippen LogP contribution in [-0.2, 0) is 37.1 Å². The minimum absolute atomic E-state index is 0.0000193. The first kappa shape index (κ1) is 31.6. The molecule has 0 saturated heterocycles. The summed E-state index contributed by atoms with van der Waals surface area (Å²) in [7, 11) is -3.49. The third-order valence-electron chi connectivity index (χ3n) is 6.48. The van der Waals surface area contributed by atoms with Gasteiger partial charge in [-0.05, 0) is 48.7 Å². The SMILES string of the molecule is CCOP(=O)(OCC)C(F)(F)c1ccc(Cn2cc(-c3ccc(C(=O)OC)cc3)n(Cc3ccccc3)c2=O)cc1Br. The molecule has 0 aliphatic carbocycles. The van der Waals surface area contributed by atoms with Gasteiger partial charge in [0.2, 0.25) is 0 Å². The Bertz CT molecular complexity index is 1640. The van der Waals surface area contributed by atoms with Gasteiger partial charge in [-0.25, -0.2) is 9.59 Å². The summed E-state index contributed by atoms with van der Waals surface area (Å²) in [6, 6.07) is 20.2. The van der Waals surface area contributed by atoms with E-state index in [0.717, 1.165) is 11.6 Å². The van der Waals surface area contributed by atoms with E-state index in [0.29, 0.717) is 28.9 Å². The number of halogens is 3. The second kappa shape index (κ2) is 13.3. The quantitative estimate of drug-likeness (QED) is 0.117. The van der Waals surface area contributed by atoms with Crippen molar-refractivity contribution < 1.29 is 31.9 Å². The molecule has 1 aromatic heterocycles. The molecule has 0 atom stereocenters. The Morgan fingerprint density at radius 2 is 1.57 bits per heavy atom. The van der Waals surface area contributed by atoms with Gasteiger partial charge in [0, 0.05) is 16.2 Å². The van der Waals surface area contributed by atoms with E-state index in [4.69, 9.17) is 13.8 Å². The molecule has 0 aliphatic heterocycles. The molecular weight excluding hydrogens is 633 g/mol. The highest BCUT2D eigenvalue weighted by Gasteiger charge is 2.55. The highest BCUT2D eigenvalue weighted by Crippen LogP contribution is 2.67. The van der Waals surface area contributed by atoms with Gasteiger partial charge in [0.25, 0.3) is 0 Å². The molecule has 1 heterocycles. The van der Waals surface area contributed by atoms with Crippen molar-refractivity contribution in [3.05, 3.63) is 116 Å². The topological polar surface area (TPSA) is 88.8 Å². The van der Waals surface area contributed by atoms with E-state index < -0.39 is 24.8 Å². The van der Waals surface area contributed by atoms with Gasteiger partial charge < -0.3 is 13.8 Å². The second-order valence-corrected chi connectivity index (χ2v) is 12.2. The minimum atomic E-state index is -4.79. The zero-order valence-electron chi connectivity index (χ0n) is 23.3. The maximum Gasteiger partial charge on any atom is 0.404 e. The number of methoxy groups -OCH3 is 1. The second-order valence-electron chi connectivity index (χ2n) is 9.25. The van der Waals surface area contributed by atoms with Gasteiger partial charge >= 0.3 is 24.9 Å². The molecule has 0 amide bonds. The van der Waals surface area contributed by atoms with Gasteiger partial charge in [0.1, 0.15) is 0 Å². The lowest BCUT2D eigenvalue weighted by atomic mass is 10.1. The average Bonchev–Trinajstić information content (AvgIpc) is 3.27. The molecule has 222 valence electrons. The molecule has 8 nitrogen and oxygen atoms in total. The minimum Gasteiger partial charge on any atom is -0.465 e. The van der Waals surface area contributed by atoms with Crippen LogP contribution in [0.2, 0.25) is 0 Å². The molecule has 0 unspecified atom stereocenters. The van der Waals surface area contributed by atoms with Gasteiger partial charge in [-0.3, -0.25) is 13.7 Å². The van der Waals surface area contributed by atoms with Crippen LogP contribution in [0.3, 0.4) is 0 Å². The van der Waals surface area contributed by atoms with Crippen molar-refractivity contribution in [2.45, 2.75) is 32.6 Å². The number of carbonyl (C=O) groups excluding carboxylic acids is 1. The number of alkyl halides is 2. The van der Waals surface area contributed by atoms with Crippen LogP contribution >= 0.6 is 23.5 Å². The average molecular weight is 663 g/mol. The highest BCUT2D eigenvalue weighted by molar-refractivity contribution is 9.10. The normalized spacial score (nSPS) is 12.0. The van der Waals surface area contributed by atoms with Gasteiger partial charge in [-0.15, -0.1) is 0 Å². The first-order valence-electron chi connectivity index (χ1n) is 13.1. The molecule has 4 rings (SSSR count). The van der Waals surface area contributed by atoms with Crippen molar-refractivity contribution in [3.8, 4) is 11.3 Å². The van der Waals surface area contributed by atoms with Crippen molar-refractivity contribution in [2.75, 3.05) is 20.3 Å². The molecule has 0 spiro atoms. The third kappa shape index (κ3) is 6.49. The number of hydrogen-bond acceptors (Lipinski definition) is 6. The molecule has 0 N–H and O–H groups in total. The fourth-order valence-corrected chi connectivity index (χ4v) is 6.87. The molecule has 0 aliphatic rings. The van der Waals surface area contributed by atoms with Crippen LogP contribution < -0.4 is 5.69 Å². The molecule has 4 aromatic rings. The van der Waals surface area contributed by atoms with Crippen LogP contribution in [0.5, 0.6) is 0 Å². The number of imidazole rings is 1. The Labute approximate surface area is 250 Å². The summed E-state index contributed by atoms with van der Waals surface area (Å²) in [4.78, 5) is 25.5. The third-order valence-corrected chi connectivity index (χ3v) is 9.26. The number of nitrogens with zero attached hydrogens (tertiary/aromatic N) is 2. The molecule has 0 fully saturated rings. The smallest absolute Gasteiger partial charge is 0.404 e. The lowest BCUT2D eigenvalue weighted by molar-refractivity contribution is 0.0354. The number of hydrogen-bond donors (Lipinski definition) is 0. The number of carbonyl (C=O) groups is 1. The Balaban J connectivity index is 1.71. The van der Waals surface area contributed by atoms with Crippen molar-refractivity contribution in [1.29, 1.82) is 0 Å². The van der Waals surface area contributed by atoms with Crippen LogP contribution in [0.1, 0.15) is 40.9 Å². The van der Waals surface area contributed by atoms with Crippen molar-refractivity contribution in [2.24, 2.45) is 0 Å². The van der Waals surface area contributed by atoms with Crippen LogP contribution in [0.15, 0.2) is 88.3 Å². The summed E-state index contributed by atoms with van der Waals surface area (Å²) in [5.41, 5.74) is -1.62. The van der Waals surface area contributed by atoms with Gasteiger partial charge in [0.05, 0.1) is 44.7 Å². The first-order chi connectivity index (χ1) is 20.0. The van der Waals surface area contributed by atoms with Crippen molar-refractivity contribution >= 4 is 29.5 Å². The van der Waals surface area contributed by atoms with Gasteiger partial charge in [0.15, 0.2) is 0 Å². The fraction of sp³-hybridized carbons (Fsp3) is 0.267. The Kier molecular flexibility index (Phi) is 9.99. The number of rotatable bonds is 12. The van der Waals surface area contributed by atoms with Crippen molar-refractivity contribution in [1.82, 2.24) is 9.13 Å². The van der Waals surface area contributed by atoms with E-state index in [1.807, 2.05) is 30.3 Å². The van der Waals surface area contributed by atoms with Crippen LogP contribution in [0, 0.1) is 0 Å². The van der Waals surface area contributed by atoms with E-state index in [9.17, 15) is 14.2 Å². The van der Waals surface area contributed by atoms with Crippen molar-refractivity contribution in [3.63, 3.8) is 0 Å². The molecule has 12 heteroatoms. The Hall–Kier alpha value is -3.37. The number of benzene rings is 3. The highest BCUT2D eigenvalue weighted by atomic mass is 79.9. The summed E-state index contributed by atoms with van der Waals surface area (Å²) in [6.07, 6.45) is 1.69. The first-order valence-corrected chi connectivity index (χ1v) is 15.5. The maximum absolute atomic E-state index is 15.4. The summed E-state index contributed by atoms with van der Waals surface area (Å²) >= 11 is 3.19. The standard InChI is InChI=1S/C30H30BrF2N2O6P/c1-4-40-42(38,41-5-2)30(32,33)25-16-11-22(17-26(25)31)18-34-20-27(23-12-14-24(15-13-23)28(36)39-3)35(29(34)37)19-21-9-7-6-8-10-21/h6-17,20H,4-5,18-19H2,1-3H3. The van der Waals surface area contributed by atoms with E-state index in [2.05, 4.69) is 15.9 Å². The maximum atomic E-state index is 15.4. The molecule has 0 saturated carbocycles. The Morgan fingerprint density at radius 1 is 0.929 bits per heavy atom. The van der Waals surface area contributed by atoms with E-state index in [1.54, 1.807) is 35.0 Å². The van der Waals surface area contributed by atoms with E-state index >= 15 is 8.78 Å². The van der Waals surface area contributed by atoms with E-state index in [-0.39, 0.29) is 29.9 Å². The zero-order chi connectivity index (χ0) is 30.5. The van der Waals surface area contributed by atoms with E-state index in [1.165, 1.54) is 37.7 Å². The van der Waals surface area contributed by atoms with Gasteiger partial charge in [-0.2, -0.15) is 8.78 Å². The Morgan fingerprint density at radius 3 is 2.14 bits per heavy atom. The molecule has 0 radical (unpaired) electrons. The molecule has 3 aromatic carbocycles. The summed E-state index contributed by atoms with van der Waals surface area (Å²) in [5, 5.41) is 0. The van der Waals surface area contributed by atoms with Crippen LogP contribution in [0.4, 0.5) is 8.78 Å². The molecular formula is C30H30BrF2N2O6P. The predicted octanol–water partition coefficient (Wildman–Crippen LogP) is 7.28.